The molecule has 2 aliphatic heterocycles. The molecular weight excluding hydrogens is 274 g/mol. The summed E-state index contributed by atoms with van der Waals surface area (Å²) in [4.78, 5) is 12.2. The van der Waals surface area contributed by atoms with Crippen molar-refractivity contribution in [3.05, 3.63) is 42.0 Å². The van der Waals surface area contributed by atoms with Crippen LogP contribution in [0.3, 0.4) is 0 Å². The second-order valence-electron chi connectivity index (χ2n) is 5.81. The number of esters is 1. The Kier molecular flexibility index (Phi) is 6.36. The van der Waals surface area contributed by atoms with Gasteiger partial charge in [-0.1, -0.05) is 51.8 Å². The van der Waals surface area contributed by atoms with Crippen molar-refractivity contribution in [1.82, 2.24) is 5.32 Å². The first kappa shape index (κ1) is 18.4. The van der Waals surface area contributed by atoms with Crippen molar-refractivity contribution in [3.8, 4) is 0 Å². The van der Waals surface area contributed by atoms with E-state index in [-0.39, 0.29) is 38.7 Å². The number of fused-ring (bicyclic) bond motifs is 2. The lowest BCUT2D eigenvalue weighted by atomic mass is 9.77. The molecule has 2 aliphatic rings. The molecule has 2 saturated heterocycles. The second-order valence-corrected chi connectivity index (χ2v) is 5.81. The van der Waals surface area contributed by atoms with Crippen LogP contribution >= 0.6 is 0 Å². The first-order valence-corrected chi connectivity index (χ1v) is 7.29. The van der Waals surface area contributed by atoms with Crippen molar-refractivity contribution in [3.63, 3.8) is 0 Å². The average Bonchev–Trinajstić information content (AvgIpc) is 2.88. The minimum Gasteiger partial charge on any atom is -0.469 e. The molecule has 0 aromatic heterocycles. The number of ether oxygens (including phenoxy) is 1. The van der Waals surface area contributed by atoms with Gasteiger partial charge in [0.1, 0.15) is 0 Å². The Morgan fingerprint density at radius 1 is 1.27 bits per heavy atom. The summed E-state index contributed by atoms with van der Waals surface area (Å²) < 4.78 is 5.04. The van der Waals surface area contributed by atoms with Crippen LogP contribution in [-0.4, -0.2) is 25.2 Å². The SMILES string of the molecule is C.C.C=Cc1ccc(C2CC3CCC(N3)C2C(=O)OC)cc1. The highest BCUT2D eigenvalue weighted by Crippen LogP contribution is 2.42. The molecule has 4 unspecified atom stereocenters. The average molecular weight is 303 g/mol. The Labute approximate surface area is 134 Å². The summed E-state index contributed by atoms with van der Waals surface area (Å²) >= 11 is 0. The third-order valence-corrected chi connectivity index (χ3v) is 4.76. The molecule has 0 spiro atoms. The van der Waals surface area contributed by atoms with E-state index in [1.165, 1.54) is 19.1 Å². The van der Waals surface area contributed by atoms with Crippen LogP contribution < -0.4 is 5.32 Å². The van der Waals surface area contributed by atoms with E-state index >= 15 is 0 Å². The molecule has 2 heterocycles. The largest absolute Gasteiger partial charge is 0.469 e. The number of carbonyl (C=O) groups excluding carboxylic acids is 1. The lowest BCUT2D eigenvalue weighted by Gasteiger charge is -2.36. The number of carbonyl (C=O) groups is 1. The third kappa shape index (κ3) is 3.25. The molecule has 3 heteroatoms. The van der Waals surface area contributed by atoms with Crippen LogP contribution in [-0.2, 0) is 9.53 Å². The van der Waals surface area contributed by atoms with Crippen LogP contribution in [0.2, 0.25) is 0 Å². The quantitative estimate of drug-likeness (QED) is 0.858. The first-order chi connectivity index (χ1) is 9.72. The van der Waals surface area contributed by atoms with E-state index in [1.54, 1.807) is 0 Å². The summed E-state index contributed by atoms with van der Waals surface area (Å²) in [7, 11) is 1.49. The normalized spacial score (nSPS) is 29.0. The lowest BCUT2D eigenvalue weighted by molar-refractivity contribution is -0.148. The third-order valence-electron chi connectivity index (χ3n) is 4.76. The number of nitrogens with one attached hydrogen (secondary N) is 1. The summed E-state index contributed by atoms with van der Waals surface area (Å²) in [5, 5.41) is 3.56. The van der Waals surface area contributed by atoms with Gasteiger partial charge in [-0.25, -0.2) is 0 Å². The molecule has 1 aromatic rings. The number of hydrogen-bond donors (Lipinski definition) is 1. The maximum absolute atomic E-state index is 12.2. The maximum atomic E-state index is 12.2. The van der Waals surface area contributed by atoms with E-state index in [0.717, 1.165) is 18.4 Å². The summed E-state index contributed by atoms with van der Waals surface area (Å²) in [6, 6.07) is 9.21. The monoisotopic (exact) mass is 303 g/mol. The molecule has 1 aromatic carbocycles. The van der Waals surface area contributed by atoms with Crippen molar-refractivity contribution in [1.29, 1.82) is 0 Å². The standard InChI is InChI=1S/C17H21NO2.2CH4/c1-3-11-4-6-12(7-5-11)14-10-13-8-9-15(18-13)16(14)17(19)20-2;;/h3-7,13-16,18H,1,8-10H2,2H3;2*1H4. The van der Waals surface area contributed by atoms with Crippen LogP contribution in [0.25, 0.3) is 6.08 Å². The molecule has 2 bridgehead atoms. The van der Waals surface area contributed by atoms with Crippen molar-refractivity contribution in [2.24, 2.45) is 5.92 Å². The van der Waals surface area contributed by atoms with E-state index in [0.29, 0.717) is 6.04 Å². The Morgan fingerprint density at radius 3 is 2.55 bits per heavy atom. The Morgan fingerprint density at radius 2 is 1.95 bits per heavy atom. The minimum absolute atomic E-state index is 0. The zero-order chi connectivity index (χ0) is 14.1. The van der Waals surface area contributed by atoms with Crippen LogP contribution in [0.5, 0.6) is 0 Å². The number of piperidine rings is 1. The van der Waals surface area contributed by atoms with E-state index in [4.69, 9.17) is 4.74 Å². The predicted molar refractivity (Wildman–Crippen MR) is 92.8 cm³/mol. The smallest absolute Gasteiger partial charge is 0.310 e. The summed E-state index contributed by atoms with van der Waals surface area (Å²) in [6.45, 7) is 3.78. The predicted octanol–water partition coefficient (Wildman–Crippen LogP) is 4.00. The fraction of sp³-hybridized carbons (Fsp3) is 0.526. The molecule has 3 nitrogen and oxygen atoms in total. The van der Waals surface area contributed by atoms with Crippen molar-refractivity contribution < 1.29 is 9.53 Å². The molecule has 0 saturated carbocycles. The van der Waals surface area contributed by atoms with E-state index in [1.807, 2.05) is 6.08 Å². The molecular formula is C19H29NO2. The molecule has 0 radical (unpaired) electrons. The van der Waals surface area contributed by atoms with Gasteiger partial charge in [-0.05, 0) is 30.4 Å². The lowest BCUT2D eigenvalue weighted by Crippen LogP contribution is -2.48. The van der Waals surface area contributed by atoms with Crippen LogP contribution in [0.4, 0.5) is 0 Å². The van der Waals surface area contributed by atoms with E-state index in [9.17, 15) is 4.79 Å². The van der Waals surface area contributed by atoms with Crippen molar-refractivity contribution in [2.45, 2.75) is 52.1 Å². The maximum Gasteiger partial charge on any atom is 0.310 e. The number of benzene rings is 1. The van der Waals surface area contributed by atoms with Crippen LogP contribution in [0.1, 0.15) is 51.2 Å². The Balaban J connectivity index is 0.00000121. The summed E-state index contributed by atoms with van der Waals surface area (Å²) in [5.41, 5.74) is 2.35. The fourth-order valence-corrected chi connectivity index (χ4v) is 3.74. The highest BCUT2D eigenvalue weighted by Gasteiger charge is 2.46. The topological polar surface area (TPSA) is 38.3 Å². The number of methoxy groups -OCH3 is 1. The molecule has 4 atom stereocenters. The second kappa shape index (κ2) is 7.59. The van der Waals surface area contributed by atoms with Crippen molar-refractivity contribution in [2.75, 3.05) is 7.11 Å². The van der Waals surface area contributed by atoms with Gasteiger partial charge < -0.3 is 10.1 Å². The molecule has 22 heavy (non-hydrogen) atoms. The van der Waals surface area contributed by atoms with Gasteiger partial charge >= 0.3 is 5.97 Å². The number of hydrogen-bond acceptors (Lipinski definition) is 3. The zero-order valence-electron chi connectivity index (χ0n) is 11.8. The zero-order valence-corrected chi connectivity index (χ0v) is 11.8. The van der Waals surface area contributed by atoms with Crippen LogP contribution in [0.15, 0.2) is 30.8 Å². The van der Waals surface area contributed by atoms with Gasteiger partial charge in [0.15, 0.2) is 0 Å². The summed E-state index contributed by atoms with van der Waals surface area (Å²) in [5.74, 6) is 0.119. The molecule has 3 rings (SSSR count). The van der Waals surface area contributed by atoms with Gasteiger partial charge in [-0.15, -0.1) is 0 Å². The molecule has 0 amide bonds. The molecule has 1 N–H and O–H groups in total. The van der Waals surface area contributed by atoms with Gasteiger partial charge in [0.25, 0.3) is 0 Å². The van der Waals surface area contributed by atoms with Crippen molar-refractivity contribution >= 4 is 12.0 Å². The first-order valence-electron chi connectivity index (χ1n) is 7.29. The van der Waals surface area contributed by atoms with Gasteiger partial charge in [-0.2, -0.15) is 0 Å². The Bertz CT molecular complexity index is 509. The molecule has 122 valence electrons. The fourth-order valence-electron chi connectivity index (χ4n) is 3.74. The Hall–Kier alpha value is -1.61. The molecule has 2 fully saturated rings. The van der Waals surface area contributed by atoms with Gasteiger partial charge in [0.05, 0.1) is 13.0 Å². The number of rotatable bonds is 3. The highest BCUT2D eigenvalue weighted by atomic mass is 16.5. The van der Waals surface area contributed by atoms with Gasteiger partial charge in [0, 0.05) is 18.0 Å². The minimum atomic E-state index is -0.0827. The van der Waals surface area contributed by atoms with Crippen LogP contribution in [0, 0.1) is 5.92 Å². The summed E-state index contributed by atoms with van der Waals surface area (Å²) in [6.07, 6.45) is 5.10. The van der Waals surface area contributed by atoms with Gasteiger partial charge in [-0.3, -0.25) is 4.79 Å². The van der Waals surface area contributed by atoms with Gasteiger partial charge in [0.2, 0.25) is 0 Å². The van der Waals surface area contributed by atoms with E-state index in [2.05, 4.69) is 36.2 Å². The molecule has 0 aliphatic carbocycles. The van der Waals surface area contributed by atoms with E-state index < -0.39 is 0 Å². The highest BCUT2D eigenvalue weighted by molar-refractivity contribution is 5.75.